The fourth-order valence-electron chi connectivity index (χ4n) is 1.46. The zero-order valence-corrected chi connectivity index (χ0v) is 11.5. The highest BCUT2D eigenvalue weighted by atomic mass is 32.2. The van der Waals surface area contributed by atoms with E-state index in [1.165, 1.54) is 19.9 Å². The number of nitro groups is 1. The number of carboxylic acid groups (broad SMARTS) is 1. The van der Waals surface area contributed by atoms with E-state index in [1.54, 1.807) is 18.2 Å². The lowest BCUT2D eigenvalue weighted by Gasteiger charge is -2.18. The molecule has 0 fully saturated rings. The first-order valence-electron chi connectivity index (χ1n) is 5.61. The second kappa shape index (κ2) is 5.92. The number of benzene rings is 1. The van der Waals surface area contributed by atoms with E-state index in [1.807, 2.05) is 0 Å². The van der Waals surface area contributed by atoms with Crippen LogP contribution in [0.1, 0.15) is 19.4 Å². The molecule has 0 amide bonds. The molecule has 0 aromatic heterocycles. The van der Waals surface area contributed by atoms with E-state index < -0.39 is 26.4 Å². The Labute approximate surface area is 113 Å². The summed E-state index contributed by atoms with van der Waals surface area (Å²) in [5.41, 5.74) is 0.426. The number of carboxylic acids is 1. The summed E-state index contributed by atoms with van der Waals surface area (Å²) in [6.45, 7) is 2.76. The predicted octanol–water partition coefficient (Wildman–Crippen LogP) is 1.75. The van der Waals surface area contributed by atoms with Crippen molar-refractivity contribution in [1.29, 1.82) is 0 Å². The van der Waals surface area contributed by atoms with Gasteiger partial charge in [-0.15, -0.1) is 0 Å². The SMILES string of the molecule is CC(C)(C(=O)O)S(=O)CCc1ccccc1[N+](=O)[O-]. The number of rotatable bonds is 6. The molecule has 0 aliphatic heterocycles. The molecule has 1 unspecified atom stereocenters. The van der Waals surface area contributed by atoms with Gasteiger partial charge in [-0.25, -0.2) is 0 Å². The fourth-order valence-corrected chi connectivity index (χ4v) is 2.57. The quantitative estimate of drug-likeness (QED) is 0.634. The predicted molar refractivity (Wildman–Crippen MR) is 71.5 cm³/mol. The molecule has 0 spiro atoms. The Hall–Kier alpha value is -1.76. The average Bonchev–Trinajstić information content (AvgIpc) is 2.35. The van der Waals surface area contributed by atoms with Crippen LogP contribution in [0.5, 0.6) is 0 Å². The van der Waals surface area contributed by atoms with E-state index in [2.05, 4.69) is 0 Å². The number of hydrogen-bond donors (Lipinski definition) is 1. The molecule has 1 aromatic rings. The van der Waals surface area contributed by atoms with Crippen LogP contribution < -0.4 is 0 Å². The molecule has 0 aliphatic carbocycles. The monoisotopic (exact) mass is 285 g/mol. The lowest BCUT2D eigenvalue weighted by atomic mass is 10.1. The molecule has 0 saturated heterocycles. The fraction of sp³-hybridized carbons (Fsp3) is 0.417. The lowest BCUT2D eigenvalue weighted by Crippen LogP contribution is -2.38. The maximum Gasteiger partial charge on any atom is 0.321 e. The van der Waals surface area contributed by atoms with Crippen LogP contribution in [0, 0.1) is 10.1 Å². The van der Waals surface area contributed by atoms with Crippen molar-refractivity contribution >= 4 is 22.5 Å². The van der Waals surface area contributed by atoms with Crippen LogP contribution in [0.25, 0.3) is 0 Å². The van der Waals surface area contributed by atoms with Crippen LogP contribution in [0.3, 0.4) is 0 Å². The van der Waals surface area contributed by atoms with Gasteiger partial charge in [0.05, 0.1) is 4.92 Å². The van der Waals surface area contributed by atoms with Crippen molar-refractivity contribution in [1.82, 2.24) is 0 Å². The summed E-state index contributed by atoms with van der Waals surface area (Å²) in [4.78, 5) is 21.3. The maximum absolute atomic E-state index is 11.9. The van der Waals surface area contributed by atoms with E-state index in [0.29, 0.717) is 5.56 Å². The summed E-state index contributed by atoms with van der Waals surface area (Å²) in [6.07, 6.45) is 0.209. The minimum atomic E-state index is -1.60. The van der Waals surface area contributed by atoms with E-state index in [4.69, 9.17) is 5.11 Å². The second-order valence-electron chi connectivity index (χ2n) is 4.50. The molecule has 0 heterocycles. The molecule has 0 radical (unpaired) electrons. The van der Waals surface area contributed by atoms with Gasteiger partial charge >= 0.3 is 5.97 Å². The Balaban J connectivity index is 2.81. The smallest absolute Gasteiger partial charge is 0.321 e. The van der Waals surface area contributed by atoms with Crippen molar-refractivity contribution < 1.29 is 19.0 Å². The van der Waals surface area contributed by atoms with Gasteiger partial charge in [0.1, 0.15) is 4.75 Å². The minimum absolute atomic E-state index is 0.0346. The van der Waals surface area contributed by atoms with Gasteiger partial charge in [0.2, 0.25) is 0 Å². The van der Waals surface area contributed by atoms with Gasteiger partial charge in [-0.1, -0.05) is 18.2 Å². The lowest BCUT2D eigenvalue weighted by molar-refractivity contribution is -0.385. The molecule has 1 N–H and O–H groups in total. The first kappa shape index (κ1) is 15.3. The van der Waals surface area contributed by atoms with Crippen molar-refractivity contribution in [2.24, 2.45) is 0 Å². The Morgan fingerprint density at radius 3 is 2.53 bits per heavy atom. The molecule has 7 heteroatoms. The van der Waals surface area contributed by atoms with Crippen molar-refractivity contribution in [3.05, 3.63) is 39.9 Å². The highest BCUT2D eigenvalue weighted by Gasteiger charge is 2.34. The van der Waals surface area contributed by atoms with Gasteiger partial charge in [0, 0.05) is 28.2 Å². The van der Waals surface area contributed by atoms with E-state index >= 15 is 0 Å². The highest BCUT2D eigenvalue weighted by molar-refractivity contribution is 7.87. The average molecular weight is 285 g/mol. The van der Waals surface area contributed by atoms with Gasteiger partial charge in [0.25, 0.3) is 5.69 Å². The summed E-state index contributed by atoms with van der Waals surface area (Å²) >= 11 is 0. The van der Waals surface area contributed by atoms with Gasteiger partial charge in [-0.3, -0.25) is 19.1 Å². The van der Waals surface area contributed by atoms with Crippen molar-refractivity contribution in [2.45, 2.75) is 25.0 Å². The number of nitro benzene ring substituents is 1. The number of carbonyl (C=O) groups is 1. The van der Waals surface area contributed by atoms with Crippen LogP contribution in [0.2, 0.25) is 0 Å². The molecule has 0 saturated carbocycles. The zero-order chi connectivity index (χ0) is 14.6. The van der Waals surface area contributed by atoms with Crippen LogP contribution in [-0.4, -0.2) is 30.7 Å². The number of aryl methyl sites for hydroxylation is 1. The van der Waals surface area contributed by atoms with Gasteiger partial charge in [-0.2, -0.15) is 0 Å². The first-order chi connectivity index (χ1) is 8.76. The second-order valence-corrected chi connectivity index (χ2v) is 6.62. The third kappa shape index (κ3) is 3.60. The third-order valence-electron chi connectivity index (χ3n) is 2.83. The van der Waals surface area contributed by atoms with E-state index in [-0.39, 0.29) is 17.9 Å². The first-order valence-corrected chi connectivity index (χ1v) is 6.93. The molecule has 1 aromatic carbocycles. The Morgan fingerprint density at radius 1 is 1.42 bits per heavy atom. The molecule has 1 atom stereocenters. The van der Waals surface area contributed by atoms with Crippen molar-refractivity contribution in [2.75, 3.05) is 5.75 Å². The Bertz CT molecular complexity index is 527. The third-order valence-corrected chi connectivity index (χ3v) is 4.72. The highest BCUT2D eigenvalue weighted by Crippen LogP contribution is 2.20. The van der Waals surface area contributed by atoms with Crippen molar-refractivity contribution in [3.63, 3.8) is 0 Å². The standard InChI is InChI=1S/C12H15NO5S/c1-12(2,11(14)15)19(18)8-7-9-5-3-4-6-10(9)13(16)17/h3-6H,7-8H2,1-2H3,(H,14,15). The molecule has 0 aliphatic rings. The number of para-hydroxylation sites is 1. The topological polar surface area (TPSA) is 97.5 Å². The largest absolute Gasteiger partial charge is 0.480 e. The normalized spacial score (nSPS) is 12.9. The summed E-state index contributed by atoms with van der Waals surface area (Å²) in [5.74, 6) is -1.07. The number of aliphatic carboxylic acids is 1. The summed E-state index contributed by atoms with van der Waals surface area (Å²) in [7, 11) is -1.60. The molecule has 1 rings (SSSR count). The molecule has 6 nitrogen and oxygen atoms in total. The Kier molecular flexibility index (Phi) is 4.77. The van der Waals surface area contributed by atoms with Crippen LogP contribution >= 0.6 is 0 Å². The maximum atomic E-state index is 11.9. The molecular formula is C12H15NO5S. The zero-order valence-electron chi connectivity index (χ0n) is 10.7. The molecule has 0 bridgehead atoms. The van der Waals surface area contributed by atoms with Crippen molar-refractivity contribution in [3.8, 4) is 0 Å². The van der Waals surface area contributed by atoms with Gasteiger partial charge in [-0.05, 0) is 20.3 Å². The summed E-state index contributed by atoms with van der Waals surface area (Å²) in [6, 6.07) is 6.18. The summed E-state index contributed by atoms with van der Waals surface area (Å²) < 4.78 is 10.6. The van der Waals surface area contributed by atoms with E-state index in [9.17, 15) is 19.1 Å². The van der Waals surface area contributed by atoms with Crippen LogP contribution in [-0.2, 0) is 22.0 Å². The van der Waals surface area contributed by atoms with Gasteiger partial charge in [0.15, 0.2) is 0 Å². The minimum Gasteiger partial charge on any atom is -0.480 e. The Morgan fingerprint density at radius 2 is 2.00 bits per heavy atom. The van der Waals surface area contributed by atoms with Crippen LogP contribution in [0.4, 0.5) is 5.69 Å². The molecule has 19 heavy (non-hydrogen) atoms. The van der Waals surface area contributed by atoms with Gasteiger partial charge < -0.3 is 5.11 Å². The van der Waals surface area contributed by atoms with E-state index in [0.717, 1.165) is 0 Å². The molecular weight excluding hydrogens is 270 g/mol. The summed E-state index contributed by atoms with van der Waals surface area (Å²) in [5, 5.41) is 19.8. The molecule has 104 valence electrons. The van der Waals surface area contributed by atoms with Crippen LogP contribution in [0.15, 0.2) is 24.3 Å². The number of hydrogen-bond acceptors (Lipinski definition) is 4. The number of nitrogens with zero attached hydrogens (tertiary/aromatic N) is 1.